The third kappa shape index (κ3) is 4.36. The van der Waals surface area contributed by atoms with Crippen molar-refractivity contribution in [2.24, 2.45) is 0 Å². The molecule has 17 heavy (non-hydrogen) atoms. The molecule has 3 N–H and O–H groups in total. The number of esters is 1. The number of ether oxygens (including phenoxy) is 1. The Balaban J connectivity index is 2.54. The number of hydrogen-bond acceptors (Lipinski definition) is 5. The SMILES string of the molecule is CCOC(=O)C(=CO)NNc1ccc(Br)cc1. The van der Waals surface area contributed by atoms with E-state index < -0.39 is 5.97 Å². The summed E-state index contributed by atoms with van der Waals surface area (Å²) >= 11 is 3.31. The molecule has 0 aliphatic heterocycles. The fourth-order valence-electron chi connectivity index (χ4n) is 1.02. The zero-order chi connectivity index (χ0) is 12.7. The Morgan fingerprint density at radius 3 is 2.65 bits per heavy atom. The number of halogens is 1. The number of aliphatic hydroxyl groups is 1. The lowest BCUT2D eigenvalue weighted by Gasteiger charge is -2.11. The molecule has 0 unspecified atom stereocenters. The third-order valence-corrected chi connectivity index (χ3v) is 2.34. The minimum Gasteiger partial charge on any atom is -0.513 e. The predicted molar refractivity (Wildman–Crippen MR) is 68.2 cm³/mol. The van der Waals surface area contributed by atoms with Gasteiger partial charge in [-0.2, -0.15) is 0 Å². The molecule has 0 spiro atoms. The van der Waals surface area contributed by atoms with Crippen LogP contribution in [0.25, 0.3) is 0 Å². The van der Waals surface area contributed by atoms with Gasteiger partial charge in [-0.05, 0) is 31.2 Å². The summed E-state index contributed by atoms with van der Waals surface area (Å²) in [6.45, 7) is 1.94. The van der Waals surface area contributed by atoms with Crippen molar-refractivity contribution < 1.29 is 14.6 Å². The molecule has 1 aromatic rings. The molecule has 0 aromatic heterocycles. The number of hydrazine groups is 1. The van der Waals surface area contributed by atoms with E-state index in [1.165, 1.54) is 0 Å². The van der Waals surface area contributed by atoms with Crippen LogP contribution in [0.4, 0.5) is 5.69 Å². The molecular weight excluding hydrogens is 288 g/mol. The van der Waals surface area contributed by atoms with Crippen molar-refractivity contribution >= 4 is 27.6 Å². The van der Waals surface area contributed by atoms with Gasteiger partial charge in [-0.25, -0.2) is 4.79 Å². The Kier molecular flexibility index (Phi) is 5.35. The van der Waals surface area contributed by atoms with Crippen molar-refractivity contribution in [1.82, 2.24) is 5.43 Å². The first-order valence-electron chi connectivity index (χ1n) is 4.96. The van der Waals surface area contributed by atoms with Crippen molar-refractivity contribution in [1.29, 1.82) is 0 Å². The van der Waals surface area contributed by atoms with Crippen LogP contribution in [-0.2, 0) is 9.53 Å². The zero-order valence-corrected chi connectivity index (χ0v) is 10.8. The van der Waals surface area contributed by atoms with E-state index in [0.29, 0.717) is 6.26 Å². The number of nitrogens with one attached hydrogen (secondary N) is 2. The Morgan fingerprint density at radius 1 is 1.47 bits per heavy atom. The maximum absolute atomic E-state index is 11.3. The van der Waals surface area contributed by atoms with Gasteiger partial charge < -0.3 is 15.3 Å². The lowest BCUT2D eigenvalue weighted by molar-refractivity contribution is -0.139. The van der Waals surface area contributed by atoms with Crippen LogP contribution in [0.15, 0.2) is 40.7 Å². The summed E-state index contributed by atoms with van der Waals surface area (Å²) < 4.78 is 5.68. The summed E-state index contributed by atoms with van der Waals surface area (Å²) in [5, 5.41) is 8.87. The lowest BCUT2D eigenvalue weighted by atomic mass is 10.3. The summed E-state index contributed by atoms with van der Waals surface area (Å²) in [6.07, 6.45) is 0.657. The van der Waals surface area contributed by atoms with Gasteiger partial charge in [0.05, 0.1) is 12.3 Å². The molecule has 0 bridgehead atoms. The summed E-state index contributed by atoms with van der Waals surface area (Å²) in [6, 6.07) is 7.29. The maximum atomic E-state index is 11.3. The smallest absolute Gasteiger partial charge is 0.359 e. The molecule has 0 saturated carbocycles. The van der Waals surface area contributed by atoms with Crippen molar-refractivity contribution in [3.63, 3.8) is 0 Å². The zero-order valence-electron chi connectivity index (χ0n) is 9.24. The number of aliphatic hydroxyl groups excluding tert-OH is 1. The number of carbonyl (C=O) groups is 1. The summed E-state index contributed by atoms with van der Waals surface area (Å²) in [5.41, 5.74) is 6.01. The van der Waals surface area contributed by atoms with Crippen LogP contribution < -0.4 is 10.9 Å². The van der Waals surface area contributed by atoms with E-state index in [2.05, 4.69) is 26.8 Å². The molecule has 0 fully saturated rings. The Labute approximate surface area is 108 Å². The standard InChI is InChI=1S/C11H13BrN2O3/c1-2-17-11(16)10(7-15)14-13-9-5-3-8(12)4-6-9/h3-7,13-15H,2H2,1H3. The van der Waals surface area contributed by atoms with Gasteiger partial charge in [0.15, 0.2) is 5.70 Å². The fourth-order valence-corrected chi connectivity index (χ4v) is 1.28. The number of rotatable bonds is 5. The number of carbonyl (C=O) groups excluding carboxylic acids is 1. The Bertz CT molecular complexity index is 404. The first-order valence-corrected chi connectivity index (χ1v) is 5.75. The molecule has 0 amide bonds. The minimum absolute atomic E-state index is 0.0604. The van der Waals surface area contributed by atoms with E-state index in [1.807, 2.05) is 12.1 Å². The second-order valence-electron chi connectivity index (χ2n) is 3.02. The fraction of sp³-hybridized carbons (Fsp3) is 0.182. The third-order valence-electron chi connectivity index (χ3n) is 1.81. The van der Waals surface area contributed by atoms with Crippen LogP contribution >= 0.6 is 15.9 Å². The molecular formula is C11H13BrN2O3. The van der Waals surface area contributed by atoms with Crippen molar-refractivity contribution in [3.8, 4) is 0 Å². The first-order chi connectivity index (χ1) is 8.17. The van der Waals surface area contributed by atoms with E-state index in [4.69, 9.17) is 9.84 Å². The van der Waals surface area contributed by atoms with Crippen LogP contribution in [0.1, 0.15) is 6.92 Å². The van der Waals surface area contributed by atoms with Crippen LogP contribution in [-0.4, -0.2) is 17.7 Å². The van der Waals surface area contributed by atoms with Crippen LogP contribution in [0.5, 0.6) is 0 Å². The van der Waals surface area contributed by atoms with Crippen LogP contribution in [0.2, 0.25) is 0 Å². The van der Waals surface area contributed by atoms with Gasteiger partial charge in [0.25, 0.3) is 0 Å². The summed E-state index contributed by atoms with van der Waals surface area (Å²) in [7, 11) is 0. The molecule has 5 nitrogen and oxygen atoms in total. The molecule has 0 radical (unpaired) electrons. The summed E-state index contributed by atoms with van der Waals surface area (Å²) in [4.78, 5) is 11.3. The van der Waals surface area contributed by atoms with Gasteiger partial charge in [-0.1, -0.05) is 15.9 Å². The highest BCUT2D eigenvalue weighted by Gasteiger charge is 2.09. The number of hydrogen-bond donors (Lipinski definition) is 3. The van der Waals surface area contributed by atoms with E-state index in [9.17, 15) is 4.79 Å². The average molecular weight is 301 g/mol. The van der Waals surface area contributed by atoms with E-state index in [0.717, 1.165) is 10.2 Å². The topological polar surface area (TPSA) is 70.6 Å². The van der Waals surface area contributed by atoms with E-state index >= 15 is 0 Å². The van der Waals surface area contributed by atoms with E-state index in [1.54, 1.807) is 19.1 Å². The average Bonchev–Trinajstić information content (AvgIpc) is 2.32. The minimum atomic E-state index is -0.625. The number of benzene rings is 1. The molecule has 92 valence electrons. The monoisotopic (exact) mass is 300 g/mol. The normalized spacial score (nSPS) is 10.8. The second-order valence-corrected chi connectivity index (χ2v) is 3.94. The van der Waals surface area contributed by atoms with Gasteiger partial charge in [0, 0.05) is 4.47 Å². The van der Waals surface area contributed by atoms with Crippen molar-refractivity contribution in [3.05, 3.63) is 40.7 Å². The molecule has 0 saturated heterocycles. The Morgan fingerprint density at radius 2 is 2.12 bits per heavy atom. The Hall–Kier alpha value is -1.69. The maximum Gasteiger partial charge on any atom is 0.359 e. The number of anilines is 1. The molecule has 1 rings (SSSR count). The van der Waals surface area contributed by atoms with Crippen molar-refractivity contribution in [2.75, 3.05) is 12.0 Å². The highest BCUT2D eigenvalue weighted by molar-refractivity contribution is 9.10. The largest absolute Gasteiger partial charge is 0.513 e. The molecule has 0 aliphatic carbocycles. The van der Waals surface area contributed by atoms with E-state index in [-0.39, 0.29) is 12.3 Å². The second kappa shape index (κ2) is 6.80. The highest BCUT2D eigenvalue weighted by Crippen LogP contribution is 2.13. The van der Waals surface area contributed by atoms with Gasteiger partial charge in [0.1, 0.15) is 6.26 Å². The van der Waals surface area contributed by atoms with Crippen molar-refractivity contribution in [2.45, 2.75) is 6.92 Å². The van der Waals surface area contributed by atoms with Crippen LogP contribution in [0, 0.1) is 0 Å². The molecule has 0 aliphatic rings. The highest BCUT2D eigenvalue weighted by atomic mass is 79.9. The van der Waals surface area contributed by atoms with Gasteiger partial charge in [0.2, 0.25) is 0 Å². The lowest BCUT2D eigenvalue weighted by Crippen LogP contribution is -2.27. The summed E-state index contributed by atoms with van der Waals surface area (Å²) in [5.74, 6) is -0.625. The van der Waals surface area contributed by atoms with Gasteiger partial charge >= 0.3 is 5.97 Å². The van der Waals surface area contributed by atoms with Gasteiger partial charge in [-0.3, -0.25) is 5.43 Å². The molecule has 1 aromatic carbocycles. The predicted octanol–water partition coefficient (Wildman–Crippen LogP) is 2.33. The quantitative estimate of drug-likeness (QED) is 0.337. The molecule has 0 heterocycles. The molecule has 6 heteroatoms. The molecule has 0 atom stereocenters. The first kappa shape index (κ1) is 13.4. The van der Waals surface area contributed by atoms with Gasteiger partial charge in [-0.15, -0.1) is 0 Å². The van der Waals surface area contributed by atoms with Crippen LogP contribution in [0.3, 0.4) is 0 Å².